The third-order valence-electron chi connectivity index (χ3n) is 1.90. The van der Waals surface area contributed by atoms with E-state index in [0.29, 0.717) is 10.9 Å². The highest BCUT2D eigenvalue weighted by molar-refractivity contribution is 5.93. The molecule has 1 heterocycles. The van der Waals surface area contributed by atoms with E-state index in [1.165, 1.54) is 6.20 Å². The van der Waals surface area contributed by atoms with Gasteiger partial charge in [-0.15, -0.1) is 0 Å². The third-order valence-corrected chi connectivity index (χ3v) is 1.90. The SMILES string of the molecule is O=C(O)n1cc(O)c2ccccc21. The minimum atomic E-state index is -1.10. The summed E-state index contributed by atoms with van der Waals surface area (Å²) in [6, 6.07) is 6.78. The van der Waals surface area contributed by atoms with Crippen LogP contribution in [0.4, 0.5) is 4.79 Å². The van der Waals surface area contributed by atoms with Crippen LogP contribution in [0.25, 0.3) is 10.9 Å². The van der Waals surface area contributed by atoms with E-state index in [4.69, 9.17) is 5.11 Å². The molecule has 2 N–H and O–H groups in total. The van der Waals surface area contributed by atoms with E-state index in [2.05, 4.69) is 0 Å². The first-order chi connectivity index (χ1) is 6.20. The lowest BCUT2D eigenvalue weighted by molar-refractivity contribution is 0.197. The van der Waals surface area contributed by atoms with Crippen molar-refractivity contribution >= 4 is 17.0 Å². The van der Waals surface area contributed by atoms with E-state index in [9.17, 15) is 9.90 Å². The number of carboxylic acid groups (broad SMARTS) is 1. The molecule has 0 radical (unpaired) electrons. The molecule has 1 aromatic carbocycles. The monoisotopic (exact) mass is 177 g/mol. The first-order valence-corrected chi connectivity index (χ1v) is 3.72. The summed E-state index contributed by atoms with van der Waals surface area (Å²) in [4.78, 5) is 10.7. The second-order valence-electron chi connectivity index (χ2n) is 2.68. The van der Waals surface area contributed by atoms with Gasteiger partial charge in [0.25, 0.3) is 0 Å². The number of hydrogen-bond acceptors (Lipinski definition) is 2. The first-order valence-electron chi connectivity index (χ1n) is 3.72. The van der Waals surface area contributed by atoms with Crippen LogP contribution in [0.3, 0.4) is 0 Å². The maximum atomic E-state index is 10.7. The number of benzene rings is 1. The number of carbonyl (C=O) groups is 1. The largest absolute Gasteiger partial charge is 0.506 e. The van der Waals surface area contributed by atoms with Gasteiger partial charge in [0.2, 0.25) is 0 Å². The third kappa shape index (κ3) is 1.03. The molecule has 0 saturated carbocycles. The molecule has 0 bridgehead atoms. The van der Waals surface area contributed by atoms with Gasteiger partial charge in [0, 0.05) is 5.39 Å². The Morgan fingerprint density at radius 2 is 2.00 bits per heavy atom. The Kier molecular flexibility index (Phi) is 1.48. The van der Waals surface area contributed by atoms with Crippen LogP contribution in [0.2, 0.25) is 0 Å². The standard InChI is InChI=1S/C9H7NO3/c11-8-5-10(9(12)13)7-4-2-1-3-6(7)8/h1-5,11H,(H,12,13). The van der Waals surface area contributed by atoms with Crippen molar-refractivity contribution in [3.05, 3.63) is 30.5 Å². The molecule has 2 aromatic rings. The molecule has 1 aromatic heterocycles. The van der Waals surface area contributed by atoms with Crippen LogP contribution in [0, 0.1) is 0 Å². The molecule has 2 rings (SSSR count). The maximum Gasteiger partial charge on any atom is 0.416 e. The van der Waals surface area contributed by atoms with Gasteiger partial charge < -0.3 is 10.2 Å². The van der Waals surface area contributed by atoms with Crippen LogP contribution in [-0.4, -0.2) is 20.9 Å². The van der Waals surface area contributed by atoms with Gasteiger partial charge in [-0.3, -0.25) is 0 Å². The van der Waals surface area contributed by atoms with Crippen LogP contribution in [0.1, 0.15) is 0 Å². The molecule has 0 fully saturated rings. The van der Waals surface area contributed by atoms with Gasteiger partial charge in [0.05, 0.1) is 11.7 Å². The smallest absolute Gasteiger partial charge is 0.416 e. The fourth-order valence-electron chi connectivity index (χ4n) is 1.32. The predicted molar refractivity (Wildman–Crippen MR) is 47.0 cm³/mol. The van der Waals surface area contributed by atoms with Crippen molar-refractivity contribution < 1.29 is 15.0 Å². The summed E-state index contributed by atoms with van der Waals surface area (Å²) in [5, 5.41) is 18.7. The summed E-state index contributed by atoms with van der Waals surface area (Å²) in [5.74, 6) is -0.0157. The Morgan fingerprint density at radius 1 is 1.31 bits per heavy atom. The Bertz CT molecular complexity index is 473. The summed E-state index contributed by atoms with van der Waals surface area (Å²) in [5.41, 5.74) is 0.493. The molecule has 0 aliphatic rings. The number of fused-ring (bicyclic) bond motifs is 1. The minimum Gasteiger partial charge on any atom is -0.506 e. The van der Waals surface area contributed by atoms with Gasteiger partial charge in [-0.2, -0.15) is 0 Å². The lowest BCUT2D eigenvalue weighted by Crippen LogP contribution is -2.05. The number of para-hydroxylation sites is 1. The average Bonchev–Trinajstić information content (AvgIpc) is 2.45. The van der Waals surface area contributed by atoms with E-state index in [1.54, 1.807) is 24.3 Å². The average molecular weight is 177 g/mol. The second-order valence-corrected chi connectivity index (χ2v) is 2.68. The highest BCUT2D eigenvalue weighted by Gasteiger charge is 2.10. The molecule has 4 heteroatoms. The molecule has 66 valence electrons. The molecule has 0 unspecified atom stereocenters. The lowest BCUT2D eigenvalue weighted by atomic mass is 10.2. The van der Waals surface area contributed by atoms with Crippen molar-refractivity contribution in [3.8, 4) is 5.75 Å². The number of aromatic hydroxyl groups is 1. The molecular weight excluding hydrogens is 170 g/mol. The summed E-state index contributed by atoms with van der Waals surface area (Å²) < 4.78 is 0.991. The summed E-state index contributed by atoms with van der Waals surface area (Å²) in [6.45, 7) is 0. The molecular formula is C9H7NO3. The van der Waals surface area contributed by atoms with Crippen LogP contribution in [0.15, 0.2) is 30.5 Å². The Hall–Kier alpha value is -1.97. The molecule has 0 atom stereocenters. The fourth-order valence-corrected chi connectivity index (χ4v) is 1.32. The summed E-state index contributed by atoms with van der Waals surface area (Å²) in [7, 11) is 0. The van der Waals surface area contributed by atoms with Crippen LogP contribution in [-0.2, 0) is 0 Å². The van der Waals surface area contributed by atoms with E-state index >= 15 is 0 Å². The molecule has 0 amide bonds. The van der Waals surface area contributed by atoms with Crippen molar-refractivity contribution in [2.45, 2.75) is 0 Å². The van der Waals surface area contributed by atoms with E-state index in [-0.39, 0.29) is 5.75 Å². The topological polar surface area (TPSA) is 62.5 Å². The van der Waals surface area contributed by atoms with Crippen LogP contribution in [0.5, 0.6) is 5.75 Å². The molecule has 0 aliphatic heterocycles. The zero-order chi connectivity index (χ0) is 9.42. The van der Waals surface area contributed by atoms with Gasteiger partial charge in [-0.25, -0.2) is 9.36 Å². The quantitative estimate of drug-likeness (QED) is 0.645. The number of hydrogen-bond donors (Lipinski definition) is 2. The van der Waals surface area contributed by atoms with Gasteiger partial charge in [0.15, 0.2) is 0 Å². The van der Waals surface area contributed by atoms with Crippen molar-refractivity contribution in [3.63, 3.8) is 0 Å². The second kappa shape index (κ2) is 2.52. The van der Waals surface area contributed by atoms with E-state index < -0.39 is 6.09 Å². The van der Waals surface area contributed by atoms with E-state index in [1.807, 2.05) is 0 Å². The number of aromatic nitrogens is 1. The molecule has 13 heavy (non-hydrogen) atoms. The van der Waals surface area contributed by atoms with Crippen molar-refractivity contribution in [1.82, 2.24) is 4.57 Å². The van der Waals surface area contributed by atoms with Crippen LogP contribution < -0.4 is 0 Å². The highest BCUT2D eigenvalue weighted by Crippen LogP contribution is 2.25. The van der Waals surface area contributed by atoms with Crippen molar-refractivity contribution in [2.24, 2.45) is 0 Å². The lowest BCUT2D eigenvalue weighted by Gasteiger charge is -1.94. The minimum absolute atomic E-state index is 0.0157. The molecule has 0 spiro atoms. The molecule has 0 aliphatic carbocycles. The summed E-state index contributed by atoms with van der Waals surface area (Å²) in [6.07, 6.45) is 0.0870. The first kappa shape index (κ1) is 7.67. The van der Waals surface area contributed by atoms with Gasteiger partial charge in [-0.05, 0) is 12.1 Å². The van der Waals surface area contributed by atoms with Crippen molar-refractivity contribution in [1.29, 1.82) is 0 Å². The number of rotatable bonds is 0. The Labute approximate surface area is 73.6 Å². The zero-order valence-electron chi connectivity index (χ0n) is 6.64. The van der Waals surface area contributed by atoms with Crippen molar-refractivity contribution in [2.75, 3.05) is 0 Å². The molecule has 0 saturated heterocycles. The Morgan fingerprint density at radius 3 is 2.69 bits per heavy atom. The van der Waals surface area contributed by atoms with Gasteiger partial charge in [0.1, 0.15) is 5.75 Å². The maximum absolute atomic E-state index is 10.7. The fraction of sp³-hybridized carbons (Fsp3) is 0. The number of nitrogens with zero attached hydrogens (tertiary/aromatic N) is 1. The predicted octanol–water partition coefficient (Wildman–Crippen LogP) is 1.87. The van der Waals surface area contributed by atoms with Gasteiger partial charge >= 0.3 is 6.09 Å². The highest BCUT2D eigenvalue weighted by atomic mass is 16.4. The molecule has 4 nitrogen and oxygen atoms in total. The van der Waals surface area contributed by atoms with Gasteiger partial charge in [-0.1, -0.05) is 12.1 Å². The zero-order valence-corrected chi connectivity index (χ0v) is 6.64. The Balaban J connectivity index is 2.85. The van der Waals surface area contributed by atoms with Crippen LogP contribution >= 0.6 is 0 Å². The van der Waals surface area contributed by atoms with E-state index in [0.717, 1.165) is 4.57 Å². The summed E-state index contributed by atoms with van der Waals surface area (Å²) >= 11 is 0. The normalized spacial score (nSPS) is 10.5.